The van der Waals surface area contributed by atoms with Gasteiger partial charge in [-0.1, -0.05) is 110 Å². The summed E-state index contributed by atoms with van der Waals surface area (Å²) in [5.41, 5.74) is -1.45. The zero-order valence-corrected chi connectivity index (χ0v) is 34.6. The summed E-state index contributed by atoms with van der Waals surface area (Å²) in [6.07, 6.45) is 23.4. The molecule has 0 amide bonds. The second kappa shape index (κ2) is 28.9. The van der Waals surface area contributed by atoms with E-state index in [-0.39, 0.29) is 67.4 Å². The first kappa shape index (κ1) is 52.6. The Labute approximate surface area is 333 Å². The Bertz CT molecular complexity index is 1050. The van der Waals surface area contributed by atoms with Crippen molar-refractivity contribution in [3.05, 3.63) is 24.3 Å². The lowest BCUT2D eigenvalue weighted by Crippen LogP contribution is -2.23. The SMILES string of the molecule is C.CCCC[C@@](C)(O)C/C=C/[C@H]1C(O)CC(=O)C1CCCCCCC(=O)OC.CCCC[C@](C)(O)C/C=C/[C@H]1C(O)CC(=O)C1CCCCCCC(=O)OC. The van der Waals surface area contributed by atoms with Crippen LogP contribution in [0.1, 0.15) is 176 Å². The molecule has 2 fully saturated rings. The predicted octanol–water partition coefficient (Wildman–Crippen LogP) is 8.54. The molecule has 0 heterocycles. The van der Waals surface area contributed by atoms with Gasteiger partial charge in [0.1, 0.15) is 11.6 Å². The van der Waals surface area contributed by atoms with Crippen molar-refractivity contribution in [3.8, 4) is 0 Å². The molecule has 4 N–H and O–H groups in total. The highest BCUT2D eigenvalue weighted by Gasteiger charge is 2.40. The number of carbonyl (C=O) groups excluding carboxylic acids is 4. The van der Waals surface area contributed by atoms with Crippen molar-refractivity contribution in [3.63, 3.8) is 0 Å². The summed E-state index contributed by atoms with van der Waals surface area (Å²) in [6, 6.07) is 0. The molecule has 0 aromatic rings. The number of unbranched alkanes of at least 4 members (excludes halogenated alkanes) is 8. The number of hydrogen-bond acceptors (Lipinski definition) is 10. The molecule has 2 saturated carbocycles. The first-order chi connectivity index (χ1) is 25.6. The van der Waals surface area contributed by atoms with Crippen molar-refractivity contribution in [1.29, 1.82) is 0 Å². The third-order valence-electron chi connectivity index (χ3n) is 11.2. The minimum atomic E-state index is -0.727. The highest BCUT2D eigenvalue weighted by atomic mass is 16.5. The number of aliphatic hydroxyl groups excluding tert-OH is 2. The van der Waals surface area contributed by atoms with Crippen LogP contribution in [0.25, 0.3) is 0 Å². The Balaban J connectivity index is 0.00000104. The number of hydrogen-bond donors (Lipinski definition) is 4. The van der Waals surface area contributed by atoms with Gasteiger partial charge in [-0.25, -0.2) is 0 Å². The number of methoxy groups -OCH3 is 2. The molecule has 0 aromatic carbocycles. The van der Waals surface area contributed by atoms with Gasteiger partial charge in [0.05, 0.1) is 37.6 Å². The molecular formula is C45H80O10. The van der Waals surface area contributed by atoms with Crippen LogP contribution in [-0.4, -0.2) is 81.6 Å². The fourth-order valence-corrected chi connectivity index (χ4v) is 7.64. The minimum absolute atomic E-state index is 0. The fraction of sp³-hybridized carbons (Fsp3) is 0.822. The van der Waals surface area contributed by atoms with Crippen molar-refractivity contribution in [2.45, 2.75) is 200 Å². The molecule has 0 radical (unpaired) electrons. The molecule has 0 bridgehead atoms. The van der Waals surface area contributed by atoms with Crippen molar-refractivity contribution in [2.75, 3.05) is 14.2 Å². The van der Waals surface area contributed by atoms with E-state index in [0.717, 1.165) is 103 Å². The first-order valence-corrected chi connectivity index (χ1v) is 20.9. The number of aliphatic hydroxyl groups is 4. The Morgan fingerprint density at radius 2 is 0.982 bits per heavy atom. The maximum atomic E-state index is 12.2. The van der Waals surface area contributed by atoms with E-state index in [2.05, 4.69) is 23.3 Å². The Morgan fingerprint density at radius 1 is 0.636 bits per heavy atom. The fourth-order valence-electron chi connectivity index (χ4n) is 7.64. The van der Waals surface area contributed by atoms with E-state index < -0.39 is 23.4 Å². The average molecular weight is 781 g/mol. The third-order valence-corrected chi connectivity index (χ3v) is 11.2. The van der Waals surface area contributed by atoms with E-state index >= 15 is 0 Å². The maximum Gasteiger partial charge on any atom is 0.305 e. The zero-order valence-electron chi connectivity index (χ0n) is 34.6. The summed E-state index contributed by atoms with van der Waals surface area (Å²) in [7, 11) is 2.80. The summed E-state index contributed by atoms with van der Waals surface area (Å²) in [5.74, 6) is -0.610. The second-order valence-corrected chi connectivity index (χ2v) is 16.4. The maximum absolute atomic E-state index is 12.2. The molecule has 2 aliphatic rings. The molecule has 10 nitrogen and oxygen atoms in total. The van der Waals surface area contributed by atoms with Crippen LogP contribution < -0.4 is 0 Å². The number of esters is 2. The van der Waals surface area contributed by atoms with Gasteiger partial charge in [0, 0.05) is 49.4 Å². The van der Waals surface area contributed by atoms with E-state index in [1.54, 1.807) is 0 Å². The van der Waals surface area contributed by atoms with Crippen LogP contribution in [0.3, 0.4) is 0 Å². The van der Waals surface area contributed by atoms with Crippen LogP contribution in [0.2, 0.25) is 0 Å². The number of carbonyl (C=O) groups is 4. The standard InChI is InChI=1S/2C22H38O5.CH4/c2*1-4-5-14-22(2,26)15-10-12-18-17(19(23)16-20(18)24)11-8-6-7-9-13-21(25)27-3;/h2*10,12,17-18,20,24,26H,4-9,11,13-16H2,1-3H3;1H4/b2*12-10+;/t17?,18-,20?,22+;17?,18-,20?,22-;/m11./s1. The van der Waals surface area contributed by atoms with Gasteiger partial charge in [0.2, 0.25) is 0 Å². The van der Waals surface area contributed by atoms with Crippen LogP contribution in [0.5, 0.6) is 0 Å². The highest BCUT2D eigenvalue weighted by molar-refractivity contribution is 5.85. The third kappa shape index (κ3) is 22.2. The van der Waals surface area contributed by atoms with Gasteiger partial charge < -0.3 is 29.9 Å². The molecule has 0 spiro atoms. The molecule has 8 atom stereocenters. The minimum Gasteiger partial charge on any atom is -0.469 e. The van der Waals surface area contributed by atoms with E-state index in [4.69, 9.17) is 0 Å². The highest BCUT2D eigenvalue weighted by Crippen LogP contribution is 2.36. The van der Waals surface area contributed by atoms with Crippen molar-refractivity contribution >= 4 is 23.5 Å². The van der Waals surface area contributed by atoms with Crippen molar-refractivity contribution in [1.82, 2.24) is 0 Å². The molecule has 0 saturated heterocycles. The summed E-state index contributed by atoms with van der Waals surface area (Å²) >= 11 is 0. The van der Waals surface area contributed by atoms with Crippen LogP contribution in [0.15, 0.2) is 24.3 Å². The van der Waals surface area contributed by atoms with E-state index in [9.17, 15) is 39.6 Å². The summed E-state index contributed by atoms with van der Waals surface area (Å²) in [6.45, 7) is 7.89. The molecule has 2 aliphatic carbocycles. The van der Waals surface area contributed by atoms with Crippen LogP contribution in [-0.2, 0) is 28.7 Å². The van der Waals surface area contributed by atoms with Crippen molar-refractivity contribution < 1.29 is 49.1 Å². The lowest BCUT2D eigenvalue weighted by Gasteiger charge is -2.22. The number of rotatable bonds is 26. The zero-order chi connectivity index (χ0) is 40.6. The molecule has 0 aromatic heterocycles. The molecule has 10 heteroatoms. The summed E-state index contributed by atoms with van der Waals surface area (Å²) in [5, 5.41) is 41.2. The topological polar surface area (TPSA) is 168 Å². The van der Waals surface area contributed by atoms with Gasteiger partial charge in [-0.15, -0.1) is 0 Å². The summed E-state index contributed by atoms with van der Waals surface area (Å²) < 4.78 is 9.25. The van der Waals surface area contributed by atoms with E-state index in [1.807, 2.05) is 38.2 Å². The number of ketones is 2. The molecule has 320 valence electrons. The number of ether oxygens (including phenoxy) is 2. The molecule has 4 unspecified atom stereocenters. The molecule has 55 heavy (non-hydrogen) atoms. The molecule has 0 aliphatic heterocycles. The Morgan fingerprint density at radius 3 is 1.31 bits per heavy atom. The smallest absolute Gasteiger partial charge is 0.305 e. The van der Waals surface area contributed by atoms with Gasteiger partial charge in [-0.3, -0.25) is 19.2 Å². The Kier molecular flexibility index (Phi) is 27.6. The molecule has 2 rings (SSSR count). The second-order valence-electron chi connectivity index (χ2n) is 16.4. The van der Waals surface area contributed by atoms with E-state index in [0.29, 0.717) is 25.7 Å². The first-order valence-electron chi connectivity index (χ1n) is 20.9. The van der Waals surface area contributed by atoms with Gasteiger partial charge in [-0.05, 0) is 65.2 Å². The quantitative estimate of drug-likeness (QED) is 0.0379. The molecular weight excluding hydrogens is 700 g/mol. The van der Waals surface area contributed by atoms with Crippen molar-refractivity contribution in [2.24, 2.45) is 23.7 Å². The number of Topliss-reactive ketones (excluding diaryl/α,β-unsaturated/α-hetero) is 2. The Hall–Kier alpha value is -2.40. The lowest BCUT2D eigenvalue weighted by atomic mass is 9.87. The van der Waals surface area contributed by atoms with Gasteiger partial charge in [-0.2, -0.15) is 0 Å². The largest absolute Gasteiger partial charge is 0.469 e. The van der Waals surface area contributed by atoms with Gasteiger partial charge >= 0.3 is 11.9 Å². The van der Waals surface area contributed by atoms with Crippen LogP contribution in [0, 0.1) is 23.7 Å². The van der Waals surface area contributed by atoms with E-state index in [1.165, 1.54) is 14.2 Å². The average Bonchev–Trinajstić information content (AvgIpc) is 3.55. The summed E-state index contributed by atoms with van der Waals surface area (Å²) in [4.78, 5) is 46.6. The van der Waals surface area contributed by atoms with Gasteiger partial charge in [0.25, 0.3) is 0 Å². The normalized spacial score (nSPS) is 24.6. The van der Waals surface area contributed by atoms with Gasteiger partial charge in [0.15, 0.2) is 0 Å². The monoisotopic (exact) mass is 781 g/mol. The lowest BCUT2D eigenvalue weighted by molar-refractivity contribution is -0.141. The van der Waals surface area contributed by atoms with Crippen LogP contribution >= 0.6 is 0 Å². The predicted molar refractivity (Wildman–Crippen MR) is 219 cm³/mol. The van der Waals surface area contributed by atoms with Crippen LogP contribution in [0.4, 0.5) is 0 Å².